The number of sulfonamides is 1. The summed E-state index contributed by atoms with van der Waals surface area (Å²) in [6.45, 7) is 5.96. The molecule has 1 unspecified atom stereocenters. The van der Waals surface area contributed by atoms with Crippen LogP contribution in [0.2, 0.25) is 0 Å². The number of likely N-dealkylation sites (tertiary alicyclic amines) is 1. The summed E-state index contributed by atoms with van der Waals surface area (Å²) in [5, 5.41) is 2.84. The SMILES string of the molecule is COc1ccc(S(=O)(=O)NCCC(=O)NCc2ccc(CN3CCCC(C)C3)cc2)cc1OC. The summed E-state index contributed by atoms with van der Waals surface area (Å²) in [6, 6.07) is 12.6. The number of nitrogens with zero attached hydrogens (tertiary/aromatic N) is 1. The molecule has 2 aromatic carbocycles. The predicted octanol–water partition coefficient (Wildman–Crippen LogP) is 2.92. The van der Waals surface area contributed by atoms with Crippen LogP contribution in [0.4, 0.5) is 0 Å². The second kappa shape index (κ2) is 12.2. The minimum Gasteiger partial charge on any atom is -0.493 e. The van der Waals surface area contributed by atoms with Crippen molar-refractivity contribution in [3.63, 3.8) is 0 Å². The molecule has 0 aliphatic carbocycles. The Balaban J connectivity index is 1.42. The molecule has 1 aliphatic rings. The van der Waals surface area contributed by atoms with Gasteiger partial charge in [-0.25, -0.2) is 13.1 Å². The number of rotatable bonds is 11. The Kier molecular flexibility index (Phi) is 9.32. The number of amides is 1. The van der Waals surface area contributed by atoms with E-state index in [1.165, 1.54) is 50.8 Å². The molecule has 1 aliphatic heterocycles. The van der Waals surface area contributed by atoms with E-state index >= 15 is 0 Å². The third-order valence-corrected chi connectivity index (χ3v) is 7.43. The van der Waals surface area contributed by atoms with E-state index < -0.39 is 10.0 Å². The minimum absolute atomic E-state index is 0.00426. The molecule has 0 saturated carbocycles. The van der Waals surface area contributed by atoms with E-state index in [1.807, 2.05) is 12.1 Å². The molecule has 2 N–H and O–H groups in total. The molecule has 1 heterocycles. The van der Waals surface area contributed by atoms with Gasteiger partial charge >= 0.3 is 0 Å². The average molecular weight is 490 g/mol. The van der Waals surface area contributed by atoms with Crippen LogP contribution >= 0.6 is 0 Å². The summed E-state index contributed by atoms with van der Waals surface area (Å²) < 4.78 is 37.8. The molecule has 9 heteroatoms. The summed E-state index contributed by atoms with van der Waals surface area (Å²) >= 11 is 0. The highest BCUT2D eigenvalue weighted by Crippen LogP contribution is 2.29. The number of hydrogen-bond acceptors (Lipinski definition) is 6. The Bertz CT molecular complexity index is 1060. The monoisotopic (exact) mass is 489 g/mol. The van der Waals surface area contributed by atoms with Gasteiger partial charge in [0.15, 0.2) is 11.5 Å². The van der Waals surface area contributed by atoms with Crippen molar-refractivity contribution in [1.29, 1.82) is 0 Å². The van der Waals surface area contributed by atoms with E-state index in [1.54, 1.807) is 0 Å². The van der Waals surface area contributed by atoms with Gasteiger partial charge in [0.1, 0.15) is 0 Å². The molecule has 1 atom stereocenters. The van der Waals surface area contributed by atoms with Gasteiger partial charge in [-0.15, -0.1) is 0 Å². The van der Waals surface area contributed by atoms with Crippen LogP contribution < -0.4 is 19.5 Å². The molecule has 34 heavy (non-hydrogen) atoms. The van der Waals surface area contributed by atoms with Crippen molar-refractivity contribution in [2.24, 2.45) is 5.92 Å². The van der Waals surface area contributed by atoms with Crippen LogP contribution in [-0.4, -0.2) is 53.1 Å². The van der Waals surface area contributed by atoms with Gasteiger partial charge in [-0.2, -0.15) is 0 Å². The zero-order valence-electron chi connectivity index (χ0n) is 20.2. The van der Waals surface area contributed by atoms with Gasteiger partial charge in [-0.3, -0.25) is 9.69 Å². The van der Waals surface area contributed by atoms with Crippen molar-refractivity contribution in [1.82, 2.24) is 14.9 Å². The molecular formula is C25H35N3O5S. The van der Waals surface area contributed by atoms with E-state index in [2.05, 4.69) is 34.0 Å². The van der Waals surface area contributed by atoms with E-state index in [0.717, 1.165) is 31.1 Å². The Hall–Kier alpha value is -2.62. The topological polar surface area (TPSA) is 97.0 Å². The first-order valence-electron chi connectivity index (χ1n) is 11.6. The van der Waals surface area contributed by atoms with E-state index in [0.29, 0.717) is 18.0 Å². The quantitative estimate of drug-likeness (QED) is 0.504. The zero-order valence-corrected chi connectivity index (χ0v) is 21.0. The molecule has 3 rings (SSSR count). The van der Waals surface area contributed by atoms with Gasteiger partial charge in [0.2, 0.25) is 15.9 Å². The Labute approximate surface area is 202 Å². The maximum atomic E-state index is 12.5. The lowest BCUT2D eigenvalue weighted by Crippen LogP contribution is -2.33. The van der Waals surface area contributed by atoms with Crippen LogP contribution in [0, 0.1) is 5.92 Å². The first-order valence-corrected chi connectivity index (χ1v) is 13.1. The van der Waals surface area contributed by atoms with Crippen LogP contribution in [-0.2, 0) is 27.9 Å². The number of carbonyl (C=O) groups is 1. The number of piperidine rings is 1. The van der Waals surface area contributed by atoms with Gasteiger partial charge in [0.05, 0.1) is 19.1 Å². The van der Waals surface area contributed by atoms with Crippen LogP contribution in [0.5, 0.6) is 11.5 Å². The molecule has 2 aromatic rings. The average Bonchev–Trinajstić information content (AvgIpc) is 2.83. The lowest BCUT2D eigenvalue weighted by Gasteiger charge is -2.30. The number of nitrogens with one attached hydrogen (secondary N) is 2. The van der Waals surface area contributed by atoms with Crippen LogP contribution in [0.3, 0.4) is 0 Å². The second-order valence-electron chi connectivity index (χ2n) is 8.74. The molecule has 0 aromatic heterocycles. The van der Waals surface area contributed by atoms with Crippen molar-refractivity contribution in [3.8, 4) is 11.5 Å². The van der Waals surface area contributed by atoms with E-state index in [-0.39, 0.29) is 23.8 Å². The lowest BCUT2D eigenvalue weighted by atomic mass is 9.99. The molecule has 0 bridgehead atoms. The van der Waals surface area contributed by atoms with Gasteiger partial charge in [0.25, 0.3) is 0 Å². The smallest absolute Gasteiger partial charge is 0.240 e. The molecule has 8 nitrogen and oxygen atoms in total. The zero-order chi connectivity index (χ0) is 24.6. The van der Waals surface area contributed by atoms with Gasteiger partial charge < -0.3 is 14.8 Å². The van der Waals surface area contributed by atoms with Crippen LogP contribution in [0.1, 0.15) is 37.3 Å². The minimum atomic E-state index is -3.77. The van der Waals surface area contributed by atoms with Crippen molar-refractivity contribution < 1.29 is 22.7 Å². The molecule has 186 valence electrons. The standard InChI is InChI=1S/C25H35N3O5S/c1-19-5-4-14-28(17-19)18-21-8-6-20(7-9-21)16-26-25(29)12-13-27-34(30,31)22-10-11-23(32-2)24(15-22)33-3/h6-11,15,19,27H,4-5,12-14,16-18H2,1-3H3,(H,26,29). The fourth-order valence-electron chi connectivity index (χ4n) is 4.11. The Morgan fingerprint density at radius 3 is 2.44 bits per heavy atom. The van der Waals surface area contributed by atoms with Crippen LogP contribution in [0.25, 0.3) is 0 Å². The number of methoxy groups -OCH3 is 2. The van der Waals surface area contributed by atoms with E-state index in [4.69, 9.17) is 9.47 Å². The number of carbonyl (C=O) groups excluding carboxylic acids is 1. The largest absolute Gasteiger partial charge is 0.493 e. The summed E-state index contributed by atoms with van der Waals surface area (Å²) in [7, 11) is -0.852. The fourth-order valence-corrected chi connectivity index (χ4v) is 5.15. The maximum absolute atomic E-state index is 12.5. The molecule has 0 spiro atoms. The number of benzene rings is 2. The van der Waals surface area contributed by atoms with Crippen molar-refractivity contribution in [3.05, 3.63) is 53.6 Å². The highest BCUT2D eigenvalue weighted by atomic mass is 32.2. The van der Waals surface area contributed by atoms with Gasteiger partial charge in [0, 0.05) is 38.7 Å². The Morgan fingerprint density at radius 1 is 1.06 bits per heavy atom. The fraction of sp³-hybridized carbons (Fsp3) is 0.480. The Morgan fingerprint density at radius 2 is 1.76 bits per heavy atom. The first kappa shape index (κ1) is 26.0. The lowest BCUT2D eigenvalue weighted by molar-refractivity contribution is -0.121. The number of ether oxygens (including phenoxy) is 2. The summed E-state index contributed by atoms with van der Waals surface area (Å²) in [5.41, 5.74) is 2.28. The molecular weight excluding hydrogens is 454 g/mol. The predicted molar refractivity (Wildman–Crippen MR) is 131 cm³/mol. The molecule has 0 radical (unpaired) electrons. The summed E-state index contributed by atoms with van der Waals surface area (Å²) in [4.78, 5) is 14.7. The highest BCUT2D eigenvalue weighted by molar-refractivity contribution is 7.89. The first-order chi connectivity index (χ1) is 16.3. The summed E-state index contributed by atoms with van der Waals surface area (Å²) in [5.74, 6) is 1.29. The molecule has 1 amide bonds. The summed E-state index contributed by atoms with van der Waals surface area (Å²) in [6.07, 6.45) is 2.61. The maximum Gasteiger partial charge on any atom is 0.240 e. The van der Waals surface area contributed by atoms with Crippen molar-refractivity contribution in [2.75, 3.05) is 33.9 Å². The third-order valence-electron chi connectivity index (χ3n) is 5.97. The third kappa shape index (κ3) is 7.44. The molecule has 1 fully saturated rings. The van der Waals surface area contributed by atoms with Crippen molar-refractivity contribution >= 4 is 15.9 Å². The van der Waals surface area contributed by atoms with Gasteiger partial charge in [-0.05, 0) is 48.6 Å². The molecule has 1 saturated heterocycles. The van der Waals surface area contributed by atoms with E-state index in [9.17, 15) is 13.2 Å². The second-order valence-corrected chi connectivity index (χ2v) is 10.5. The van der Waals surface area contributed by atoms with Gasteiger partial charge in [-0.1, -0.05) is 31.2 Å². The highest BCUT2D eigenvalue weighted by Gasteiger charge is 2.18. The van der Waals surface area contributed by atoms with Crippen LogP contribution in [0.15, 0.2) is 47.4 Å². The normalized spacial score (nSPS) is 16.7. The van der Waals surface area contributed by atoms with Crippen molar-refractivity contribution in [2.45, 2.75) is 44.2 Å². The number of hydrogen-bond donors (Lipinski definition) is 2.